The van der Waals surface area contributed by atoms with Gasteiger partial charge in [0.25, 0.3) is 0 Å². The van der Waals surface area contributed by atoms with Crippen molar-refractivity contribution in [2.45, 2.75) is 0 Å². The minimum atomic E-state index is 0. The largest absolute Gasteiger partial charge is 2.00 e. The van der Waals surface area contributed by atoms with Crippen LogP contribution in [0, 0.1) is 14.4 Å². The van der Waals surface area contributed by atoms with Crippen LogP contribution >= 0.6 is 0 Å². The van der Waals surface area contributed by atoms with Crippen molar-refractivity contribution in [2.75, 3.05) is 0 Å². The molecule has 3 rings (SSSR count). The van der Waals surface area contributed by atoms with E-state index in [1.54, 1.807) is 4.68 Å². The predicted octanol–water partition coefficient (Wildman–Crippen LogP) is 2.45. The van der Waals surface area contributed by atoms with Crippen LogP contribution in [-0.2, 0) is 21.1 Å². The molecule has 1 heterocycles. The van der Waals surface area contributed by atoms with Gasteiger partial charge in [-0.15, -0.1) is 5.10 Å². The van der Waals surface area contributed by atoms with E-state index in [9.17, 15) is 0 Å². The third kappa shape index (κ3) is 2.29. The molecule has 5 heteroatoms. The Morgan fingerprint density at radius 3 is 2.44 bits per heavy atom. The molecule has 0 aliphatic heterocycles. The summed E-state index contributed by atoms with van der Waals surface area (Å²) in [5.74, 6) is 0.538. The van der Waals surface area contributed by atoms with Gasteiger partial charge in [0, 0.05) is 11.2 Å². The summed E-state index contributed by atoms with van der Waals surface area (Å²) in [6.45, 7) is 3.79. The Kier molecular flexibility index (Phi) is 4.62. The van der Waals surface area contributed by atoms with Gasteiger partial charge in [-0.05, 0) is 21.9 Å². The third-order valence-electron chi connectivity index (χ3n) is 2.53. The third-order valence-corrected chi connectivity index (χ3v) is 2.53. The Labute approximate surface area is 120 Å². The van der Waals surface area contributed by atoms with E-state index < -0.39 is 0 Å². The molecule has 18 heavy (non-hydrogen) atoms. The van der Waals surface area contributed by atoms with Gasteiger partial charge in [0.05, 0.1) is 5.69 Å². The van der Waals surface area contributed by atoms with Crippen LogP contribution in [0.5, 0.6) is 0 Å². The zero-order chi connectivity index (χ0) is 11.0. The molecule has 0 saturated carbocycles. The SMILES string of the molecule is [CH2-]c1nnnn1-c1cccc2ccccc12.[CH3-].[W+2]. The summed E-state index contributed by atoms with van der Waals surface area (Å²) in [6.07, 6.45) is 0. The second-order valence-corrected chi connectivity index (χ2v) is 3.51. The molecule has 0 radical (unpaired) electrons. The van der Waals surface area contributed by atoms with Crippen molar-refractivity contribution in [3.63, 3.8) is 0 Å². The van der Waals surface area contributed by atoms with Gasteiger partial charge in [0.1, 0.15) is 0 Å². The second-order valence-electron chi connectivity index (χ2n) is 3.51. The van der Waals surface area contributed by atoms with Crippen LogP contribution < -0.4 is 0 Å². The van der Waals surface area contributed by atoms with Crippen molar-refractivity contribution in [1.29, 1.82) is 0 Å². The van der Waals surface area contributed by atoms with Crippen LogP contribution in [0.15, 0.2) is 42.5 Å². The molecule has 0 atom stereocenters. The van der Waals surface area contributed by atoms with E-state index in [1.165, 1.54) is 0 Å². The molecule has 0 amide bonds. The minimum absolute atomic E-state index is 0. The zero-order valence-corrected chi connectivity index (χ0v) is 12.9. The van der Waals surface area contributed by atoms with Crippen molar-refractivity contribution in [3.05, 3.63) is 62.6 Å². The maximum Gasteiger partial charge on any atom is 2.00 e. The topological polar surface area (TPSA) is 43.6 Å². The Balaban J connectivity index is 0.000000810. The molecule has 0 aliphatic rings. The summed E-state index contributed by atoms with van der Waals surface area (Å²) < 4.78 is 1.64. The quantitative estimate of drug-likeness (QED) is 0.582. The average molecular weight is 408 g/mol. The smallest absolute Gasteiger partial charge is 0.358 e. The molecular formula is C13H12N4W. The maximum absolute atomic E-state index is 3.93. The fourth-order valence-electron chi connectivity index (χ4n) is 1.79. The predicted molar refractivity (Wildman–Crippen MR) is 67.5 cm³/mol. The Hall–Kier alpha value is -1.67. The van der Waals surface area contributed by atoms with E-state index in [-0.39, 0.29) is 28.5 Å². The van der Waals surface area contributed by atoms with Crippen LogP contribution in [0.2, 0.25) is 0 Å². The second kappa shape index (κ2) is 5.78. The summed E-state index contributed by atoms with van der Waals surface area (Å²) in [7, 11) is 0. The molecule has 0 fully saturated rings. The fourth-order valence-corrected chi connectivity index (χ4v) is 1.79. The van der Waals surface area contributed by atoms with Crippen LogP contribution in [0.1, 0.15) is 5.82 Å². The van der Waals surface area contributed by atoms with Gasteiger partial charge in [0.2, 0.25) is 0 Å². The van der Waals surface area contributed by atoms with Crippen molar-refractivity contribution in [3.8, 4) is 5.69 Å². The molecule has 0 bridgehead atoms. The van der Waals surface area contributed by atoms with E-state index >= 15 is 0 Å². The molecule has 2 aromatic carbocycles. The van der Waals surface area contributed by atoms with Crippen LogP contribution in [0.4, 0.5) is 0 Å². The van der Waals surface area contributed by atoms with E-state index in [4.69, 9.17) is 0 Å². The van der Waals surface area contributed by atoms with Gasteiger partial charge in [-0.25, -0.2) is 4.68 Å². The number of hydrogen-bond acceptors (Lipinski definition) is 3. The molecule has 0 aliphatic carbocycles. The van der Waals surface area contributed by atoms with Gasteiger partial charge < -0.3 is 14.4 Å². The average Bonchev–Trinajstić information content (AvgIpc) is 2.75. The molecule has 1 aromatic heterocycles. The number of fused-ring (bicyclic) bond motifs is 1. The first kappa shape index (κ1) is 14.4. The fraction of sp³-hybridized carbons (Fsp3) is 0. The van der Waals surface area contributed by atoms with E-state index in [1.807, 2.05) is 30.3 Å². The van der Waals surface area contributed by atoms with Gasteiger partial charge in [-0.3, -0.25) is 0 Å². The molecule has 90 valence electrons. The zero-order valence-electron chi connectivity index (χ0n) is 9.95. The van der Waals surface area contributed by atoms with E-state index in [0.29, 0.717) is 5.82 Å². The summed E-state index contributed by atoms with van der Waals surface area (Å²) in [5.41, 5.74) is 0.952. The van der Waals surface area contributed by atoms with Gasteiger partial charge in [-0.1, -0.05) is 36.4 Å². The Morgan fingerprint density at radius 2 is 1.72 bits per heavy atom. The van der Waals surface area contributed by atoms with Gasteiger partial charge >= 0.3 is 21.1 Å². The monoisotopic (exact) mass is 408 g/mol. The standard InChI is InChI=1S/C12H9N4.CH3.W/c1-9-13-14-15-16(9)12-8-4-6-10-5-2-3-7-11(10)12;;/h2-8H,1H2;1H3;/q2*-1;+2. The molecule has 0 spiro atoms. The Morgan fingerprint density at radius 1 is 1.00 bits per heavy atom. The van der Waals surface area contributed by atoms with E-state index in [0.717, 1.165) is 16.5 Å². The first-order valence-electron chi connectivity index (χ1n) is 4.95. The van der Waals surface area contributed by atoms with Crippen molar-refractivity contribution in [1.82, 2.24) is 20.2 Å². The summed E-state index contributed by atoms with van der Waals surface area (Å²) in [4.78, 5) is 0. The molecular weight excluding hydrogens is 396 g/mol. The normalized spacial score (nSPS) is 9.56. The summed E-state index contributed by atoms with van der Waals surface area (Å²) in [6, 6.07) is 14.1. The number of nitrogens with zero attached hydrogens (tertiary/aromatic N) is 4. The van der Waals surface area contributed by atoms with Crippen molar-refractivity contribution >= 4 is 10.8 Å². The van der Waals surface area contributed by atoms with Crippen LogP contribution in [-0.4, -0.2) is 20.2 Å². The number of tetrazole rings is 1. The number of aromatic nitrogens is 4. The number of rotatable bonds is 1. The minimum Gasteiger partial charge on any atom is -0.358 e. The first-order valence-corrected chi connectivity index (χ1v) is 4.95. The molecule has 0 saturated heterocycles. The first-order chi connectivity index (χ1) is 7.86. The van der Waals surface area contributed by atoms with Gasteiger partial charge in [-0.2, -0.15) is 0 Å². The van der Waals surface area contributed by atoms with Crippen molar-refractivity contribution < 1.29 is 21.1 Å². The van der Waals surface area contributed by atoms with E-state index in [2.05, 4.69) is 34.6 Å². The summed E-state index contributed by atoms with van der Waals surface area (Å²) >= 11 is 0. The maximum atomic E-state index is 3.93. The number of hydrogen-bond donors (Lipinski definition) is 0. The Bertz CT molecular complexity index is 643. The van der Waals surface area contributed by atoms with Crippen LogP contribution in [0.25, 0.3) is 16.5 Å². The van der Waals surface area contributed by atoms with Gasteiger partial charge in [0.15, 0.2) is 0 Å². The molecule has 0 N–H and O–H groups in total. The summed E-state index contributed by atoms with van der Waals surface area (Å²) in [5, 5.41) is 13.6. The molecule has 4 nitrogen and oxygen atoms in total. The van der Waals surface area contributed by atoms with Crippen LogP contribution in [0.3, 0.4) is 0 Å². The van der Waals surface area contributed by atoms with Crippen molar-refractivity contribution in [2.24, 2.45) is 0 Å². The number of benzene rings is 2. The molecule has 0 unspecified atom stereocenters. The molecule has 3 aromatic rings.